The summed E-state index contributed by atoms with van der Waals surface area (Å²) in [7, 11) is 0. The zero-order valence-electron chi connectivity index (χ0n) is 31.5. The predicted octanol–water partition coefficient (Wildman–Crippen LogP) is 15.9. The first-order valence-corrected chi connectivity index (χ1v) is 21.5. The highest BCUT2D eigenvalue weighted by atomic mass is 32.1. The van der Waals surface area contributed by atoms with E-state index in [1.807, 2.05) is 22.7 Å². The molecule has 0 aliphatic heterocycles. The van der Waals surface area contributed by atoms with Crippen LogP contribution in [-0.2, 0) is 5.41 Å². The van der Waals surface area contributed by atoms with E-state index >= 15 is 0 Å². The summed E-state index contributed by atoms with van der Waals surface area (Å²) in [5.41, 5.74) is 13.3. The molecular formula is C55H35NS2. The Balaban J connectivity index is 1.12. The van der Waals surface area contributed by atoms with E-state index in [0.717, 1.165) is 5.69 Å². The maximum atomic E-state index is 2.51. The molecule has 1 aliphatic carbocycles. The van der Waals surface area contributed by atoms with Crippen LogP contribution in [0.1, 0.15) is 22.3 Å². The molecule has 11 aromatic rings. The molecule has 2 heterocycles. The van der Waals surface area contributed by atoms with E-state index in [4.69, 9.17) is 0 Å². The number of benzene rings is 9. The summed E-state index contributed by atoms with van der Waals surface area (Å²) in [5.74, 6) is 0. The highest BCUT2D eigenvalue weighted by Crippen LogP contribution is 2.57. The van der Waals surface area contributed by atoms with Crippen molar-refractivity contribution < 1.29 is 0 Å². The van der Waals surface area contributed by atoms with Crippen molar-refractivity contribution in [1.82, 2.24) is 0 Å². The summed E-state index contributed by atoms with van der Waals surface area (Å²) in [6.45, 7) is 0. The summed E-state index contributed by atoms with van der Waals surface area (Å²) in [5, 5.41) is 5.15. The Morgan fingerprint density at radius 2 is 0.879 bits per heavy atom. The molecule has 0 bridgehead atoms. The van der Waals surface area contributed by atoms with Crippen molar-refractivity contribution in [1.29, 1.82) is 0 Å². The second-order valence-electron chi connectivity index (χ2n) is 15.2. The molecule has 3 heteroatoms. The number of fused-ring (bicyclic) bond motifs is 9. The van der Waals surface area contributed by atoms with Gasteiger partial charge >= 0.3 is 0 Å². The number of anilines is 3. The fourth-order valence-corrected chi connectivity index (χ4v) is 12.1. The maximum Gasteiger partial charge on any atom is 0.0713 e. The summed E-state index contributed by atoms with van der Waals surface area (Å²) in [6, 6.07) is 78.7. The van der Waals surface area contributed by atoms with Crippen molar-refractivity contribution in [2.75, 3.05) is 4.90 Å². The largest absolute Gasteiger partial charge is 0.308 e. The van der Waals surface area contributed by atoms with Crippen molar-refractivity contribution in [3.05, 3.63) is 235 Å². The van der Waals surface area contributed by atoms with Crippen molar-refractivity contribution in [3.63, 3.8) is 0 Å². The maximum absolute atomic E-state index is 2.51. The third kappa shape index (κ3) is 4.87. The van der Waals surface area contributed by atoms with Crippen molar-refractivity contribution in [2.45, 2.75) is 5.41 Å². The van der Waals surface area contributed by atoms with Gasteiger partial charge < -0.3 is 4.90 Å². The lowest BCUT2D eigenvalue weighted by Crippen LogP contribution is -2.28. The minimum atomic E-state index is -0.449. The molecule has 12 rings (SSSR count). The van der Waals surface area contributed by atoms with Crippen LogP contribution >= 0.6 is 22.7 Å². The first kappa shape index (κ1) is 33.4. The van der Waals surface area contributed by atoms with Crippen molar-refractivity contribution in [3.8, 4) is 22.3 Å². The number of nitrogens with zero attached hydrogens (tertiary/aromatic N) is 1. The Bertz CT molecular complexity index is 3310. The molecule has 1 aliphatic rings. The third-order valence-corrected chi connectivity index (χ3v) is 14.6. The lowest BCUT2D eigenvalue weighted by Gasteiger charge is -2.34. The molecule has 0 radical (unpaired) electrons. The number of hydrogen-bond donors (Lipinski definition) is 0. The first-order valence-electron chi connectivity index (χ1n) is 19.8. The summed E-state index contributed by atoms with van der Waals surface area (Å²) >= 11 is 3.78. The van der Waals surface area contributed by atoms with Gasteiger partial charge in [0.1, 0.15) is 0 Å². The van der Waals surface area contributed by atoms with E-state index < -0.39 is 5.41 Å². The lowest BCUT2D eigenvalue weighted by molar-refractivity contribution is 0.770. The zero-order chi connectivity index (χ0) is 38.2. The van der Waals surface area contributed by atoms with Crippen LogP contribution in [0.2, 0.25) is 0 Å². The lowest BCUT2D eigenvalue weighted by atomic mass is 9.67. The average Bonchev–Trinajstić information content (AvgIpc) is 3.96. The first-order chi connectivity index (χ1) is 28.8. The summed E-state index contributed by atoms with van der Waals surface area (Å²) in [4.78, 5) is 2.51. The van der Waals surface area contributed by atoms with Gasteiger partial charge in [-0.3, -0.25) is 0 Å². The second kappa shape index (κ2) is 13.1. The molecule has 0 spiro atoms. The van der Waals surface area contributed by atoms with E-state index in [1.54, 1.807) is 0 Å². The van der Waals surface area contributed by atoms with Gasteiger partial charge in [-0.05, 0) is 87.0 Å². The topological polar surface area (TPSA) is 3.24 Å². The minimum Gasteiger partial charge on any atom is -0.308 e. The quantitative estimate of drug-likeness (QED) is 0.163. The predicted molar refractivity (Wildman–Crippen MR) is 250 cm³/mol. The van der Waals surface area contributed by atoms with Crippen LogP contribution in [0.25, 0.3) is 62.6 Å². The smallest absolute Gasteiger partial charge is 0.0713 e. The highest BCUT2D eigenvalue weighted by Gasteiger charge is 2.46. The van der Waals surface area contributed by atoms with Gasteiger partial charge in [-0.15, -0.1) is 22.7 Å². The molecule has 0 fully saturated rings. The molecule has 9 aromatic carbocycles. The number of hydrogen-bond acceptors (Lipinski definition) is 3. The molecule has 0 saturated carbocycles. The average molecular weight is 774 g/mol. The molecule has 0 atom stereocenters. The Morgan fingerprint density at radius 1 is 0.345 bits per heavy atom. The molecule has 2 aromatic heterocycles. The van der Waals surface area contributed by atoms with Crippen LogP contribution in [0.15, 0.2) is 212 Å². The van der Waals surface area contributed by atoms with Crippen molar-refractivity contribution >= 4 is 80.1 Å². The van der Waals surface area contributed by atoms with E-state index in [0.29, 0.717) is 0 Å². The van der Waals surface area contributed by atoms with Gasteiger partial charge in [0.15, 0.2) is 0 Å². The molecule has 1 nitrogen and oxygen atoms in total. The van der Waals surface area contributed by atoms with Crippen molar-refractivity contribution in [2.24, 2.45) is 0 Å². The van der Waals surface area contributed by atoms with E-state index in [-0.39, 0.29) is 0 Å². The van der Waals surface area contributed by atoms with Gasteiger partial charge in [-0.1, -0.05) is 170 Å². The molecule has 0 N–H and O–H groups in total. The zero-order valence-corrected chi connectivity index (χ0v) is 33.1. The Hall–Kier alpha value is -6.78. The molecule has 0 unspecified atom stereocenters. The van der Waals surface area contributed by atoms with Gasteiger partial charge in [-0.2, -0.15) is 0 Å². The molecule has 0 saturated heterocycles. The normalized spacial score (nSPS) is 13.0. The van der Waals surface area contributed by atoms with Gasteiger partial charge in [0, 0.05) is 36.6 Å². The SMILES string of the molecule is c1ccc(-c2cccc(N(c3cccc4c3sc3ccccc34)c3cccc4c3sc3ccc(C5(c6ccccc6)c6ccccc6-c6ccccc65)cc34)c2)cc1. The monoisotopic (exact) mass is 773 g/mol. The van der Waals surface area contributed by atoms with Gasteiger partial charge in [-0.25, -0.2) is 0 Å². The van der Waals surface area contributed by atoms with Crippen LogP contribution in [0.3, 0.4) is 0 Å². The number of rotatable bonds is 6. The van der Waals surface area contributed by atoms with Crippen LogP contribution in [0.4, 0.5) is 17.1 Å². The summed E-state index contributed by atoms with van der Waals surface area (Å²) in [6.07, 6.45) is 0. The number of thiophene rings is 2. The Morgan fingerprint density at radius 3 is 1.59 bits per heavy atom. The van der Waals surface area contributed by atoms with E-state index in [1.165, 1.54) is 96.2 Å². The molecular weight excluding hydrogens is 739 g/mol. The van der Waals surface area contributed by atoms with Crippen LogP contribution < -0.4 is 4.90 Å². The van der Waals surface area contributed by atoms with Crippen LogP contribution in [-0.4, -0.2) is 0 Å². The highest BCUT2D eigenvalue weighted by molar-refractivity contribution is 7.27. The van der Waals surface area contributed by atoms with Gasteiger partial charge in [0.05, 0.1) is 26.2 Å². The standard InChI is InChI=1S/C55H35NS2/c1-3-16-36(17-4-1)37-18-13-21-40(34-37)56(49-29-14-25-44-43-24-9-12-31-51(43)57-53(44)49)50-30-15-26-45-46-35-39(32-33-52(46)58-54(45)50)55(38-19-5-2-6-20-38)47-27-10-7-22-41(47)42-23-8-11-28-48(42)55/h1-35H. The fourth-order valence-electron chi connectivity index (χ4n) is 9.68. The Labute approximate surface area is 345 Å². The van der Waals surface area contributed by atoms with Crippen LogP contribution in [0, 0.1) is 0 Å². The molecule has 272 valence electrons. The van der Waals surface area contributed by atoms with E-state index in [9.17, 15) is 0 Å². The fraction of sp³-hybridized carbons (Fsp3) is 0.0182. The summed E-state index contributed by atoms with van der Waals surface area (Å²) < 4.78 is 5.15. The van der Waals surface area contributed by atoms with Crippen LogP contribution in [0.5, 0.6) is 0 Å². The Kier molecular flexibility index (Phi) is 7.56. The van der Waals surface area contributed by atoms with Gasteiger partial charge in [0.25, 0.3) is 0 Å². The van der Waals surface area contributed by atoms with Gasteiger partial charge in [0.2, 0.25) is 0 Å². The van der Waals surface area contributed by atoms with E-state index in [2.05, 4.69) is 217 Å². The second-order valence-corrected chi connectivity index (χ2v) is 17.3. The minimum absolute atomic E-state index is 0.449. The molecule has 58 heavy (non-hydrogen) atoms. The third-order valence-electron chi connectivity index (χ3n) is 12.1. The molecule has 0 amide bonds.